The van der Waals surface area contributed by atoms with Crippen molar-refractivity contribution in [3.8, 4) is 17.0 Å². The standard InChI is InChI=1S/C41H57FN12O3S.CH2O/c1-27(2)57-39-37(29-23-47-48-24-29)45-26-46-40(39)50-41(43)49-34-14-13-31(22-33(34)42)58-52(6)18-9-19-54-20-16-28(17-21-54)32-10-8-11-35(38(32)51(4)5)53(7)30(25-55)12-15-36(56)44-3;1-2/h8,10-11,13-14,22-28,30H,9,12,15-21H2,1-7H3,(H,44,56)(H,47,48)(H3,43,45,46,49,50);1H2/t30-;/m0./s1. The van der Waals surface area contributed by atoms with E-state index in [0.717, 1.165) is 68.0 Å². The first-order chi connectivity index (χ1) is 28.9. The van der Waals surface area contributed by atoms with Gasteiger partial charge in [0.25, 0.3) is 0 Å². The number of anilines is 3. The molecule has 16 nitrogen and oxygen atoms in total. The number of H-pyrrole nitrogens is 1. The fourth-order valence-electron chi connectivity index (χ4n) is 7.10. The Morgan fingerprint density at radius 2 is 1.92 bits per heavy atom. The maximum Gasteiger partial charge on any atom is 0.219 e. The first-order valence-electron chi connectivity index (χ1n) is 19.9. The highest BCUT2D eigenvalue weighted by atomic mass is 32.2. The van der Waals surface area contributed by atoms with Crippen LogP contribution in [-0.4, -0.2) is 128 Å². The molecule has 18 heteroatoms. The zero-order chi connectivity index (χ0) is 43.8. The minimum absolute atomic E-state index is 0.0520. The SMILES string of the molecule is C=O.CNC(=O)CC[C@@H](C=O)N(C)c1cccc(C2CCN(CCCN(C)Sc3ccc(NC(N)=Nc4ncnc(-c5cn[nH]c5)c4OC(C)C)c(F)c3)CC2)c1N(C)C. The Balaban J connectivity index is 0.00000391. The summed E-state index contributed by atoms with van der Waals surface area (Å²) in [7, 11) is 9.66. The Labute approximate surface area is 356 Å². The third-order valence-corrected chi connectivity index (χ3v) is 11.0. The number of piperidine rings is 1. The molecule has 60 heavy (non-hydrogen) atoms. The van der Waals surface area contributed by atoms with Gasteiger partial charge >= 0.3 is 0 Å². The molecule has 0 aliphatic carbocycles. The van der Waals surface area contributed by atoms with Crippen LogP contribution in [0.5, 0.6) is 5.75 Å². The normalized spacial score (nSPS) is 14.0. The number of aromatic amines is 1. The molecule has 5 N–H and O–H groups in total. The number of amides is 1. The molecular weight excluding hydrogens is 788 g/mol. The van der Waals surface area contributed by atoms with E-state index in [9.17, 15) is 9.59 Å². The average Bonchev–Trinajstić information content (AvgIpc) is 3.78. The average molecular weight is 847 g/mol. The predicted molar refractivity (Wildman–Crippen MR) is 238 cm³/mol. The Bertz CT molecular complexity index is 2010. The van der Waals surface area contributed by atoms with Crippen LogP contribution in [0, 0.1) is 5.82 Å². The number of aliphatic imine (C=N–C) groups is 1. The summed E-state index contributed by atoms with van der Waals surface area (Å²) in [4.78, 5) is 52.4. The number of rotatable bonds is 19. The number of nitrogens with two attached hydrogens (primary N) is 1. The molecule has 2 aromatic heterocycles. The van der Waals surface area contributed by atoms with Crippen molar-refractivity contribution in [3.63, 3.8) is 0 Å². The van der Waals surface area contributed by atoms with E-state index in [0.29, 0.717) is 35.8 Å². The number of para-hydroxylation sites is 1. The molecule has 5 rings (SSSR count). The highest BCUT2D eigenvalue weighted by molar-refractivity contribution is 7.97. The molecule has 3 heterocycles. The summed E-state index contributed by atoms with van der Waals surface area (Å²) in [6, 6.07) is 10.9. The Morgan fingerprint density at radius 1 is 1.17 bits per heavy atom. The quantitative estimate of drug-likeness (QED) is 0.0402. The van der Waals surface area contributed by atoms with Crippen LogP contribution in [0.1, 0.15) is 57.4 Å². The molecule has 1 saturated heterocycles. The van der Waals surface area contributed by atoms with Crippen molar-refractivity contribution in [1.82, 2.24) is 34.7 Å². The molecule has 1 aliphatic heterocycles. The lowest BCUT2D eigenvalue weighted by atomic mass is 9.87. The molecule has 324 valence electrons. The Hall–Kier alpha value is -5.59. The van der Waals surface area contributed by atoms with Crippen LogP contribution in [0.25, 0.3) is 11.3 Å². The number of nitrogens with zero attached hydrogens (tertiary/aromatic N) is 8. The van der Waals surface area contributed by atoms with Crippen LogP contribution >= 0.6 is 11.9 Å². The highest BCUT2D eigenvalue weighted by Gasteiger charge is 2.27. The number of ether oxygens (including phenoxy) is 1. The molecule has 1 amide bonds. The zero-order valence-electron chi connectivity index (χ0n) is 35.7. The van der Waals surface area contributed by atoms with Gasteiger partial charge in [0.1, 0.15) is 30.9 Å². The summed E-state index contributed by atoms with van der Waals surface area (Å²) in [6.45, 7) is 9.58. The second-order valence-corrected chi connectivity index (χ2v) is 16.1. The molecule has 0 spiro atoms. The molecule has 1 fully saturated rings. The zero-order valence-corrected chi connectivity index (χ0v) is 36.5. The van der Waals surface area contributed by atoms with Gasteiger partial charge in [-0.1, -0.05) is 12.1 Å². The first-order valence-corrected chi connectivity index (χ1v) is 20.7. The molecule has 1 atom stereocenters. The van der Waals surface area contributed by atoms with Crippen molar-refractivity contribution in [2.45, 2.75) is 68.9 Å². The van der Waals surface area contributed by atoms with Crippen LogP contribution in [0.2, 0.25) is 0 Å². The first kappa shape index (κ1) is 47.1. The second kappa shape index (κ2) is 23.3. The lowest BCUT2D eigenvalue weighted by Crippen LogP contribution is -2.36. The summed E-state index contributed by atoms with van der Waals surface area (Å²) < 4.78 is 23.4. The molecule has 2 aromatic carbocycles. The van der Waals surface area contributed by atoms with Crippen LogP contribution in [0.15, 0.2) is 65.0 Å². The molecule has 0 unspecified atom stereocenters. The smallest absolute Gasteiger partial charge is 0.219 e. The van der Waals surface area contributed by atoms with Crippen molar-refractivity contribution >= 4 is 59.8 Å². The van der Waals surface area contributed by atoms with Crippen molar-refractivity contribution in [2.75, 3.05) is 76.5 Å². The number of likely N-dealkylation sites (N-methyl/N-ethyl adjacent to an activating group) is 1. The van der Waals surface area contributed by atoms with Crippen molar-refractivity contribution in [3.05, 3.63) is 66.5 Å². The maximum absolute atomic E-state index is 15.3. The van der Waals surface area contributed by atoms with Gasteiger partial charge in [-0.25, -0.2) is 18.7 Å². The van der Waals surface area contributed by atoms with E-state index in [1.54, 1.807) is 25.5 Å². The molecule has 0 bridgehead atoms. The minimum Gasteiger partial charge on any atom is -0.485 e. The maximum atomic E-state index is 15.3. The van der Waals surface area contributed by atoms with Gasteiger partial charge in [-0.2, -0.15) is 10.1 Å². The monoisotopic (exact) mass is 846 g/mol. The lowest BCUT2D eigenvalue weighted by Gasteiger charge is -2.36. The van der Waals surface area contributed by atoms with Gasteiger partial charge in [0, 0.05) is 57.8 Å². The van der Waals surface area contributed by atoms with Gasteiger partial charge in [0.05, 0.1) is 35.4 Å². The number of benzene rings is 2. The highest BCUT2D eigenvalue weighted by Crippen LogP contribution is 2.41. The van der Waals surface area contributed by atoms with Crippen molar-refractivity contribution in [2.24, 2.45) is 10.7 Å². The van der Waals surface area contributed by atoms with Crippen LogP contribution in [-0.2, 0) is 14.4 Å². The number of hydrogen-bond donors (Lipinski definition) is 4. The fraction of sp³-hybridized carbons (Fsp3) is 0.452. The number of aromatic nitrogens is 4. The minimum atomic E-state index is -0.459. The summed E-state index contributed by atoms with van der Waals surface area (Å²) in [5.74, 6) is 0.367. The molecule has 4 aromatic rings. The fourth-order valence-corrected chi connectivity index (χ4v) is 7.97. The summed E-state index contributed by atoms with van der Waals surface area (Å²) >= 11 is 1.49. The Kier molecular flexibility index (Phi) is 18.3. The third-order valence-electron chi connectivity index (χ3n) is 10.0. The van der Waals surface area contributed by atoms with Gasteiger partial charge in [0.15, 0.2) is 11.7 Å². The van der Waals surface area contributed by atoms with Gasteiger partial charge in [-0.05, 0) is 114 Å². The van der Waals surface area contributed by atoms with Gasteiger partial charge in [-0.15, -0.1) is 0 Å². The Morgan fingerprint density at radius 3 is 2.55 bits per heavy atom. The molecular formula is C42H59FN12O4S. The number of carbonyl (C=O) groups is 3. The largest absolute Gasteiger partial charge is 0.485 e. The number of carbonyl (C=O) groups excluding carboxylic acids is 3. The third kappa shape index (κ3) is 13.0. The van der Waals surface area contributed by atoms with Crippen molar-refractivity contribution < 1.29 is 23.5 Å². The predicted octanol–water partition coefficient (Wildman–Crippen LogP) is 5.47. The summed E-state index contributed by atoms with van der Waals surface area (Å²) in [6.07, 6.45) is 9.24. The van der Waals surface area contributed by atoms with Gasteiger partial charge < -0.3 is 45.4 Å². The number of hydrogen-bond acceptors (Lipinski definition) is 13. The van der Waals surface area contributed by atoms with E-state index in [1.807, 2.05) is 59.8 Å². The second-order valence-electron chi connectivity index (χ2n) is 14.8. The summed E-state index contributed by atoms with van der Waals surface area (Å²) in [5, 5.41) is 12.3. The van der Waals surface area contributed by atoms with E-state index in [-0.39, 0.29) is 29.5 Å². The molecule has 1 aliphatic rings. The van der Waals surface area contributed by atoms with Crippen molar-refractivity contribution in [1.29, 1.82) is 0 Å². The lowest BCUT2D eigenvalue weighted by molar-refractivity contribution is -0.120. The van der Waals surface area contributed by atoms with E-state index in [2.05, 4.69) is 68.1 Å². The topological polar surface area (TPSA) is 190 Å². The van der Waals surface area contributed by atoms with Crippen LogP contribution in [0.4, 0.5) is 27.3 Å². The van der Waals surface area contributed by atoms with Crippen LogP contribution < -0.4 is 30.9 Å². The van der Waals surface area contributed by atoms with Gasteiger partial charge in [-0.3, -0.25) is 9.89 Å². The number of nitrogens with one attached hydrogen (secondary N) is 3. The number of guanidine groups is 1. The molecule has 0 saturated carbocycles. The van der Waals surface area contributed by atoms with Gasteiger partial charge in [0.2, 0.25) is 11.7 Å². The number of aldehydes is 1. The molecule has 0 radical (unpaired) electrons. The number of halogens is 1. The summed E-state index contributed by atoms with van der Waals surface area (Å²) in [5.41, 5.74) is 11.0. The van der Waals surface area contributed by atoms with E-state index in [1.165, 1.54) is 29.9 Å². The number of likely N-dealkylation sites (tertiary alicyclic amines) is 1. The van der Waals surface area contributed by atoms with E-state index < -0.39 is 11.9 Å². The van der Waals surface area contributed by atoms with E-state index >= 15 is 4.39 Å². The van der Waals surface area contributed by atoms with E-state index in [4.69, 9.17) is 15.3 Å². The van der Waals surface area contributed by atoms with Crippen LogP contribution in [0.3, 0.4) is 0 Å².